The van der Waals surface area contributed by atoms with Gasteiger partial charge in [-0.05, 0) is 38.1 Å². The van der Waals surface area contributed by atoms with E-state index in [0.717, 1.165) is 5.56 Å². The van der Waals surface area contributed by atoms with Crippen molar-refractivity contribution < 1.29 is 13.9 Å². The van der Waals surface area contributed by atoms with Gasteiger partial charge in [-0.3, -0.25) is 9.78 Å². The zero-order valence-corrected chi connectivity index (χ0v) is 14.5. The molecule has 0 aliphatic heterocycles. The summed E-state index contributed by atoms with van der Waals surface area (Å²) in [5, 5.41) is 5.04. The number of aromatic nitrogens is 2. The highest BCUT2D eigenvalue weighted by Crippen LogP contribution is 2.28. The molecule has 3 rings (SSSR count). The van der Waals surface area contributed by atoms with Crippen molar-refractivity contribution in [2.45, 2.75) is 20.0 Å². The summed E-state index contributed by atoms with van der Waals surface area (Å²) >= 11 is 1.35. The minimum atomic E-state index is -0.456. The van der Waals surface area contributed by atoms with Crippen LogP contribution in [0.2, 0.25) is 0 Å². The SMILES string of the molecule is CC(C)Oc1ccc(F)cc1NC(=O)c1csc(-c2ccncc2)n1. The van der Waals surface area contributed by atoms with Crippen molar-refractivity contribution in [2.75, 3.05) is 5.32 Å². The topological polar surface area (TPSA) is 64.1 Å². The molecule has 0 aliphatic rings. The molecule has 5 nitrogen and oxygen atoms in total. The van der Waals surface area contributed by atoms with Crippen LogP contribution >= 0.6 is 11.3 Å². The molecule has 1 aromatic carbocycles. The van der Waals surface area contributed by atoms with Crippen LogP contribution in [-0.2, 0) is 0 Å². The van der Waals surface area contributed by atoms with E-state index in [9.17, 15) is 9.18 Å². The van der Waals surface area contributed by atoms with E-state index in [-0.39, 0.29) is 17.5 Å². The summed E-state index contributed by atoms with van der Waals surface area (Å²) in [5.74, 6) is -0.466. The molecule has 0 spiro atoms. The third-order valence-corrected chi connectivity index (χ3v) is 4.11. The van der Waals surface area contributed by atoms with Gasteiger partial charge in [-0.2, -0.15) is 0 Å². The number of ether oxygens (including phenoxy) is 1. The predicted octanol–water partition coefficient (Wildman–Crippen LogP) is 4.38. The van der Waals surface area contributed by atoms with E-state index < -0.39 is 11.7 Å². The van der Waals surface area contributed by atoms with E-state index in [2.05, 4.69) is 15.3 Å². The second-order valence-corrected chi connectivity index (χ2v) is 6.39. The molecule has 0 saturated heterocycles. The average Bonchev–Trinajstić information content (AvgIpc) is 3.08. The Hall–Kier alpha value is -2.80. The number of hydrogen-bond acceptors (Lipinski definition) is 5. The van der Waals surface area contributed by atoms with Crippen LogP contribution in [0.15, 0.2) is 48.1 Å². The highest BCUT2D eigenvalue weighted by Gasteiger charge is 2.15. The molecular formula is C18H16FN3O2S. The van der Waals surface area contributed by atoms with Gasteiger partial charge in [0.15, 0.2) is 0 Å². The first kappa shape index (κ1) is 17.0. The Morgan fingerprint density at radius 1 is 1.24 bits per heavy atom. The normalized spacial score (nSPS) is 10.7. The van der Waals surface area contributed by atoms with Crippen molar-refractivity contribution >= 4 is 22.9 Å². The summed E-state index contributed by atoms with van der Waals surface area (Å²) in [5.41, 5.74) is 1.42. The summed E-state index contributed by atoms with van der Waals surface area (Å²) in [6.07, 6.45) is 3.23. The fraction of sp³-hybridized carbons (Fsp3) is 0.167. The summed E-state index contributed by atoms with van der Waals surface area (Å²) in [6.45, 7) is 3.72. The van der Waals surface area contributed by atoms with Crippen LogP contribution in [0.1, 0.15) is 24.3 Å². The molecule has 2 aromatic heterocycles. The summed E-state index contributed by atoms with van der Waals surface area (Å²) in [6, 6.07) is 7.65. The summed E-state index contributed by atoms with van der Waals surface area (Å²) in [7, 11) is 0. The zero-order valence-electron chi connectivity index (χ0n) is 13.7. The molecule has 2 heterocycles. The first-order chi connectivity index (χ1) is 12.0. The molecule has 0 atom stereocenters. The molecule has 0 radical (unpaired) electrons. The number of pyridine rings is 1. The van der Waals surface area contributed by atoms with E-state index in [1.165, 1.54) is 29.5 Å². The van der Waals surface area contributed by atoms with Crippen LogP contribution in [0, 0.1) is 5.82 Å². The number of thiazole rings is 1. The van der Waals surface area contributed by atoms with Gasteiger partial charge in [-0.1, -0.05) is 0 Å². The smallest absolute Gasteiger partial charge is 0.275 e. The zero-order chi connectivity index (χ0) is 17.8. The van der Waals surface area contributed by atoms with Gasteiger partial charge in [0, 0.05) is 29.4 Å². The van der Waals surface area contributed by atoms with Crippen LogP contribution in [0.3, 0.4) is 0 Å². The van der Waals surface area contributed by atoms with E-state index in [0.29, 0.717) is 10.8 Å². The molecule has 1 N–H and O–H groups in total. The number of nitrogens with zero attached hydrogens (tertiary/aromatic N) is 2. The number of rotatable bonds is 5. The van der Waals surface area contributed by atoms with Crippen LogP contribution in [0.5, 0.6) is 5.75 Å². The Labute approximate surface area is 148 Å². The summed E-state index contributed by atoms with van der Waals surface area (Å²) < 4.78 is 19.1. The quantitative estimate of drug-likeness (QED) is 0.736. The third kappa shape index (κ3) is 4.19. The number of amides is 1. The first-order valence-electron chi connectivity index (χ1n) is 7.66. The van der Waals surface area contributed by atoms with Gasteiger partial charge in [-0.15, -0.1) is 11.3 Å². The van der Waals surface area contributed by atoms with Crippen molar-refractivity contribution in [2.24, 2.45) is 0 Å². The van der Waals surface area contributed by atoms with Crippen molar-refractivity contribution in [3.8, 4) is 16.3 Å². The van der Waals surface area contributed by atoms with E-state index in [4.69, 9.17) is 4.74 Å². The molecule has 0 fully saturated rings. The number of hydrogen-bond donors (Lipinski definition) is 1. The number of anilines is 1. The third-order valence-electron chi connectivity index (χ3n) is 3.22. The predicted molar refractivity (Wildman–Crippen MR) is 95.5 cm³/mol. The lowest BCUT2D eigenvalue weighted by molar-refractivity contribution is 0.102. The molecule has 0 saturated carbocycles. The molecule has 0 bridgehead atoms. The molecule has 7 heteroatoms. The van der Waals surface area contributed by atoms with Crippen LogP contribution in [-0.4, -0.2) is 22.0 Å². The van der Waals surface area contributed by atoms with Crippen LogP contribution in [0.25, 0.3) is 10.6 Å². The second-order valence-electron chi connectivity index (χ2n) is 5.53. The highest BCUT2D eigenvalue weighted by atomic mass is 32.1. The maximum absolute atomic E-state index is 13.5. The number of nitrogens with one attached hydrogen (secondary N) is 1. The Balaban J connectivity index is 1.81. The monoisotopic (exact) mass is 357 g/mol. The molecule has 1 amide bonds. The maximum Gasteiger partial charge on any atom is 0.275 e. The number of benzene rings is 1. The molecule has 0 aliphatic carbocycles. The first-order valence-corrected chi connectivity index (χ1v) is 8.54. The van der Waals surface area contributed by atoms with Crippen molar-refractivity contribution in [1.82, 2.24) is 9.97 Å². The highest BCUT2D eigenvalue weighted by molar-refractivity contribution is 7.13. The van der Waals surface area contributed by atoms with E-state index in [1.807, 2.05) is 26.0 Å². The van der Waals surface area contributed by atoms with Gasteiger partial charge in [0.1, 0.15) is 22.3 Å². The second kappa shape index (κ2) is 7.40. The molecule has 25 heavy (non-hydrogen) atoms. The lowest BCUT2D eigenvalue weighted by atomic mass is 10.2. The van der Waals surface area contributed by atoms with Gasteiger partial charge < -0.3 is 10.1 Å². The molecule has 3 aromatic rings. The Morgan fingerprint density at radius 3 is 2.72 bits per heavy atom. The van der Waals surface area contributed by atoms with Gasteiger partial charge in [0.2, 0.25) is 0 Å². The average molecular weight is 357 g/mol. The van der Waals surface area contributed by atoms with Crippen molar-refractivity contribution in [3.63, 3.8) is 0 Å². The standard InChI is InChI=1S/C18H16FN3O2S/c1-11(2)24-16-4-3-13(19)9-14(16)21-17(23)15-10-25-18(22-15)12-5-7-20-8-6-12/h3-11H,1-2H3,(H,21,23). The Kier molecular flexibility index (Phi) is 5.04. The Bertz CT molecular complexity index is 881. The van der Waals surface area contributed by atoms with Gasteiger partial charge in [-0.25, -0.2) is 9.37 Å². The lowest BCUT2D eigenvalue weighted by Crippen LogP contribution is -2.15. The van der Waals surface area contributed by atoms with Crippen LogP contribution < -0.4 is 10.1 Å². The van der Waals surface area contributed by atoms with Gasteiger partial charge in [0.25, 0.3) is 5.91 Å². The number of carbonyl (C=O) groups excluding carboxylic acids is 1. The lowest BCUT2D eigenvalue weighted by Gasteiger charge is -2.14. The molecule has 128 valence electrons. The van der Waals surface area contributed by atoms with Crippen molar-refractivity contribution in [3.05, 3.63) is 59.6 Å². The number of carbonyl (C=O) groups is 1. The fourth-order valence-electron chi connectivity index (χ4n) is 2.15. The fourth-order valence-corrected chi connectivity index (χ4v) is 2.95. The summed E-state index contributed by atoms with van der Waals surface area (Å²) in [4.78, 5) is 20.7. The van der Waals surface area contributed by atoms with Crippen LogP contribution in [0.4, 0.5) is 10.1 Å². The van der Waals surface area contributed by atoms with Gasteiger partial charge in [0.05, 0.1) is 11.8 Å². The molecular weight excluding hydrogens is 341 g/mol. The minimum Gasteiger partial charge on any atom is -0.489 e. The maximum atomic E-state index is 13.5. The minimum absolute atomic E-state index is 0.0984. The largest absolute Gasteiger partial charge is 0.489 e. The van der Waals surface area contributed by atoms with E-state index in [1.54, 1.807) is 17.8 Å². The van der Waals surface area contributed by atoms with E-state index >= 15 is 0 Å². The number of halogens is 1. The Morgan fingerprint density at radius 2 is 2.00 bits per heavy atom. The molecule has 0 unspecified atom stereocenters. The van der Waals surface area contributed by atoms with Gasteiger partial charge >= 0.3 is 0 Å². The van der Waals surface area contributed by atoms with Crippen molar-refractivity contribution in [1.29, 1.82) is 0 Å².